The van der Waals surface area contributed by atoms with Crippen molar-refractivity contribution in [3.05, 3.63) is 59.9 Å². The van der Waals surface area contributed by atoms with Gasteiger partial charge in [-0.3, -0.25) is 4.90 Å². The van der Waals surface area contributed by atoms with Gasteiger partial charge in [-0.25, -0.2) is 4.98 Å². The summed E-state index contributed by atoms with van der Waals surface area (Å²) < 4.78 is 11.1. The maximum Gasteiger partial charge on any atom is 0.139 e. The molecule has 7 heteroatoms. The Bertz CT molecular complexity index is 1040. The van der Waals surface area contributed by atoms with Crippen molar-refractivity contribution in [2.24, 2.45) is 0 Å². The van der Waals surface area contributed by atoms with E-state index < -0.39 is 0 Å². The summed E-state index contributed by atoms with van der Waals surface area (Å²) in [6.07, 6.45) is 4.65. The topological polar surface area (TPSA) is 65.7 Å². The number of H-pyrrole nitrogens is 1. The van der Waals surface area contributed by atoms with Gasteiger partial charge < -0.3 is 24.7 Å². The van der Waals surface area contributed by atoms with Gasteiger partial charge in [0.1, 0.15) is 5.82 Å². The van der Waals surface area contributed by atoms with E-state index in [0.717, 1.165) is 88.3 Å². The summed E-state index contributed by atoms with van der Waals surface area (Å²) in [6, 6.07) is 13.2. The molecule has 0 atom stereocenters. The quantitative estimate of drug-likeness (QED) is 0.570. The van der Waals surface area contributed by atoms with Crippen molar-refractivity contribution >= 4 is 17.1 Å². The lowest BCUT2D eigenvalue weighted by atomic mass is 10.0. The van der Waals surface area contributed by atoms with Crippen LogP contribution in [-0.2, 0) is 22.4 Å². The molecule has 2 aliphatic rings. The van der Waals surface area contributed by atoms with Crippen LogP contribution >= 0.6 is 0 Å². The lowest BCUT2D eigenvalue weighted by molar-refractivity contribution is 0.0341. The molecule has 1 aromatic heterocycles. The van der Waals surface area contributed by atoms with Gasteiger partial charge in [0.2, 0.25) is 0 Å². The van der Waals surface area contributed by atoms with Gasteiger partial charge in [-0.1, -0.05) is 19.1 Å². The van der Waals surface area contributed by atoms with E-state index in [1.807, 2.05) is 6.20 Å². The van der Waals surface area contributed by atoms with Crippen molar-refractivity contribution < 1.29 is 9.47 Å². The third-order valence-corrected chi connectivity index (χ3v) is 6.53. The molecule has 3 heterocycles. The fourth-order valence-corrected chi connectivity index (χ4v) is 4.74. The maximum absolute atomic E-state index is 5.55. The van der Waals surface area contributed by atoms with Crippen LogP contribution < -0.4 is 10.2 Å². The number of aromatic amines is 1. The summed E-state index contributed by atoms with van der Waals surface area (Å²) in [7, 11) is 0. The first-order chi connectivity index (χ1) is 16.3. The van der Waals surface area contributed by atoms with Gasteiger partial charge in [0.15, 0.2) is 0 Å². The van der Waals surface area contributed by atoms with Crippen molar-refractivity contribution in [1.82, 2.24) is 14.9 Å². The zero-order valence-electron chi connectivity index (χ0n) is 19.3. The summed E-state index contributed by atoms with van der Waals surface area (Å²) in [5, 5.41) is 3.78. The predicted octanol–water partition coefficient (Wildman–Crippen LogP) is 4.05. The Morgan fingerprint density at radius 2 is 1.76 bits per heavy atom. The zero-order chi connectivity index (χ0) is 22.5. The Kier molecular flexibility index (Phi) is 6.90. The molecule has 2 aromatic carbocycles. The van der Waals surface area contributed by atoms with Crippen LogP contribution in [0.5, 0.6) is 0 Å². The molecule has 2 saturated heterocycles. The SMILES string of the molecule is CCc1c(CN2CCOCC2)cccc1Nc1cc(N2CCOCC2)ccc1-c1ncc[nH]1. The van der Waals surface area contributed by atoms with Crippen molar-refractivity contribution in [1.29, 1.82) is 0 Å². The summed E-state index contributed by atoms with van der Waals surface area (Å²) in [4.78, 5) is 12.7. The maximum atomic E-state index is 5.55. The van der Waals surface area contributed by atoms with Gasteiger partial charge in [-0.05, 0) is 41.8 Å². The molecular formula is C26H33N5O2. The molecule has 0 aliphatic carbocycles. The predicted molar refractivity (Wildman–Crippen MR) is 132 cm³/mol. The number of morpholine rings is 2. The van der Waals surface area contributed by atoms with Crippen LogP contribution in [0.4, 0.5) is 17.1 Å². The Labute approximate surface area is 195 Å². The monoisotopic (exact) mass is 447 g/mol. The zero-order valence-corrected chi connectivity index (χ0v) is 19.3. The fourth-order valence-electron chi connectivity index (χ4n) is 4.74. The summed E-state index contributed by atoms with van der Waals surface area (Å²) >= 11 is 0. The number of hydrogen-bond donors (Lipinski definition) is 2. The molecule has 2 fully saturated rings. The molecule has 2 N–H and O–H groups in total. The average molecular weight is 448 g/mol. The molecule has 0 bridgehead atoms. The van der Waals surface area contributed by atoms with Gasteiger partial charge in [-0.15, -0.1) is 0 Å². The van der Waals surface area contributed by atoms with E-state index in [4.69, 9.17) is 9.47 Å². The Balaban J connectivity index is 1.47. The Morgan fingerprint density at radius 1 is 0.970 bits per heavy atom. The normalized spacial score (nSPS) is 17.3. The molecule has 3 aromatic rings. The van der Waals surface area contributed by atoms with Crippen LogP contribution in [0.2, 0.25) is 0 Å². The van der Waals surface area contributed by atoms with Crippen LogP contribution in [0.3, 0.4) is 0 Å². The number of hydrogen-bond acceptors (Lipinski definition) is 6. The largest absolute Gasteiger partial charge is 0.379 e. The molecule has 33 heavy (non-hydrogen) atoms. The van der Waals surface area contributed by atoms with Gasteiger partial charge in [-0.2, -0.15) is 0 Å². The van der Waals surface area contributed by atoms with Crippen LogP contribution in [0.15, 0.2) is 48.8 Å². The van der Waals surface area contributed by atoms with Gasteiger partial charge >= 0.3 is 0 Å². The number of rotatable bonds is 7. The highest BCUT2D eigenvalue weighted by molar-refractivity contribution is 5.82. The van der Waals surface area contributed by atoms with Crippen molar-refractivity contribution in [2.75, 3.05) is 62.8 Å². The van der Waals surface area contributed by atoms with Gasteiger partial charge in [0, 0.05) is 62.1 Å². The van der Waals surface area contributed by atoms with Crippen LogP contribution in [0.1, 0.15) is 18.1 Å². The molecule has 0 amide bonds. The minimum Gasteiger partial charge on any atom is -0.379 e. The number of nitrogens with one attached hydrogen (secondary N) is 2. The third kappa shape index (κ3) is 5.05. The third-order valence-electron chi connectivity index (χ3n) is 6.53. The van der Waals surface area contributed by atoms with E-state index in [2.05, 4.69) is 68.4 Å². The summed E-state index contributed by atoms with van der Waals surface area (Å²) in [6.45, 7) is 10.2. The number of ether oxygens (including phenoxy) is 2. The summed E-state index contributed by atoms with van der Waals surface area (Å²) in [5.74, 6) is 0.869. The molecule has 2 aliphatic heterocycles. The fraction of sp³-hybridized carbons (Fsp3) is 0.423. The van der Waals surface area contributed by atoms with Gasteiger partial charge in [0.25, 0.3) is 0 Å². The molecule has 0 saturated carbocycles. The smallest absolute Gasteiger partial charge is 0.139 e. The van der Waals surface area contributed by atoms with Crippen molar-refractivity contribution in [3.63, 3.8) is 0 Å². The Morgan fingerprint density at radius 3 is 2.48 bits per heavy atom. The van der Waals surface area contributed by atoms with Crippen LogP contribution in [0, 0.1) is 0 Å². The molecule has 174 valence electrons. The standard InChI is InChI=1S/C26H33N5O2/c1-2-22-20(19-30-10-14-32-15-11-30)4-3-5-24(22)29-25-18-21(31-12-16-33-17-13-31)6-7-23(25)26-27-8-9-28-26/h3-9,18,29H,2,10-17,19H2,1H3,(H,27,28). The van der Waals surface area contributed by atoms with E-state index in [1.54, 1.807) is 6.20 Å². The minimum absolute atomic E-state index is 0.770. The molecule has 0 radical (unpaired) electrons. The van der Waals surface area contributed by atoms with Gasteiger partial charge in [0.05, 0.1) is 32.1 Å². The number of aromatic nitrogens is 2. The van der Waals surface area contributed by atoms with Crippen LogP contribution in [-0.4, -0.2) is 67.5 Å². The Hall–Kier alpha value is -2.87. The van der Waals surface area contributed by atoms with E-state index in [9.17, 15) is 0 Å². The summed E-state index contributed by atoms with van der Waals surface area (Å²) in [5.41, 5.74) is 7.25. The second kappa shape index (κ2) is 10.4. The first-order valence-electron chi connectivity index (χ1n) is 12.0. The number of anilines is 3. The number of benzene rings is 2. The minimum atomic E-state index is 0.770. The molecular weight excluding hydrogens is 414 g/mol. The van der Waals surface area contributed by atoms with Crippen LogP contribution in [0.25, 0.3) is 11.4 Å². The molecule has 5 rings (SSSR count). The second-order valence-electron chi connectivity index (χ2n) is 8.58. The number of imidazole rings is 1. The highest BCUT2D eigenvalue weighted by Crippen LogP contribution is 2.34. The second-order valence-corrected chi connectivity index (χ2v) is 8.58. The molecule has 0 unspecified atom stereocenters. The lowest BCUT2D eigenvalue weighted by Crippen LogP contribution is -2.36. The van der Waals surface area contributed by atoms with E-state index in [1.165, 1.54) is 16.8 Å². The van der Waals surface area contributed by atoms with Crippen molar-refractivity contribution in [3.8, 4) is 11.4 Å². The number of nitrogens with zero attached hydrogens (tertiary/aromatic N) is 3. The van der Waals surface area contributed by atoms with E-state index in [-0.39, 0.29) is 0 Å². The lowest BCUT2D eigenvalue weighted by Gasteiger charge is -2.30. The van der Waals surface area contributed by atoms with Crippen molar-refractivity contribution in [2.45, 2.75) is 19.9 Å². The first kappa shape index (κ1) is 21.9. The first-order valence-corrected chi connectivity index (χ1v) is 12.0. The highest BCUT2D eigenvalue weighted by atomic mass is 16.5. The molecule has 0 spiro atoms. The highest BCUT2D eigenvalue weighted by Gasteiger charge is 2.18. The molecule has 7 nitrogen and oxygen atoms in total. The van der Waals surface area contributed by atoms with E-state index >= 15 is 0 Å². The average Bonchev–Trinajstić information content (AvgIpc) is 3.40. The van der Waals surface area contributed by atoms with E-state index in [0.29, 0.717) is 0 Å².